The van der Waals surface area contributed by atoms with Crippen molar-refractivity contribution < 1.29 is 14.3 Å². The molecule has 0 aliphatic carbocycles. The first kappa shape index (κ1) is 15.2. The smallest absolute Gasteiger partial charge is 0.323 e. The Balaban J connectivity index is 2.04. The van der Waals surface area contributed by atoms with Crippen LogP contribution in [0.5, 0.6) is 11.5 Å². The maximum atomic E-state index is 12.0. The number of carbonyl (C=O) groups is 1. The quantitative estimate of drug-likeness (QED) is 0.872. The fraction of sp³-hybridized carbons (Fsp3) is 0.133. The Morgan fingerprint density at radius 1 is 0.952 bits per heavy atom. The molecule has 2 rings (SSSR count). The first-order valence-electron chi connectivity index (χ1n) is 6.18. The number of methoxy groups -OCH3 is 2. The number of ether oxygens (including phenoxy) is 2. The molecule has 2 amide bonds. The van der Waals surface area contributed by atoms with Gasteiger partial charge in [-0.25, -0.2) is 4.79 Å². The molecule has 6 heteroatoms. The first-order valence-corrected chi connectivity index (χ1v) is 6.97. The van der Waals surface area contributed by atoms with Gasteiger partial charge in [0.05, 0.1) is 19.9 Å². The van der Waals surface area contributed by atoms with Crippen LogP contribution in [0.4, 0.5) is 16.2 Å². The predicted molar refractivity (Wildman–Crippen MR) is 86.3 cm³/mol. The Hall–Kier alpha value is -2.21. The second kappa shape index (κ2) is 6.99. The number of rotatable bonds is 4. The third-order valence-electron chi connectivity index (χ3n) is 2.77. The lowest BCUT2D eigenvalue weighted by Gasteiger charge is -2.11. The van der Waals surface area contributed by atoms with Gasteiger partial charge in [0.1, 0.15) is 11.5 Å². The van der Waals surface area contributed by atoms with Crippen molar-refractivity contribution in [3.8, 4) is 11.5 Å². The van der Waals surface area contributed by atoms with Gasteiger partial charge in [0, 0.05) is 16.2 Å². The lowest BCUT2D eigenvalue weighted by molar-refractivity contribution is 0.262. The molecule has 0 spiro atoms. The van der Waals surface area contributed by atoms with Crippen molar-refractivity contribution in [3.63, 3.8) is 0 Å². The Morgan fingerprint density at radius 3 is 2.19 bits per heavy atom. The average molecular weight is 351 g/mol. The monoisotopic (exact) mass is 350 g/mol. The number of amides is 2. The van der Waals surface area contributed by atoms with Crippen LogP contribution >= 0.6 is 15.9 Å². The summed E-state index contributed by atoms with van der Waals surface area (Å²) in [7, 11) is 3.17. The summed E-state index contributed by atoms with van der Waals surface area (Å²) >= 11 is 3.38. The van der Waals surface area contributed by atoms with E-state index in [2.05, 4.69) is 26.6 Å². The van der Waals surface area contributed by atoms with Crippen LogP contribution in [0, 0.1) is 0 Å². The van der Waals surface area contributed by atoms with Crippen molar-refractivity contribution in [3.05, 3.63) is 46.9 Å². The van der Waals surface area contributed by atoms with Crippen LogP contribution in [0.3, 0.4) is 0 Å². The molecule has 0 bridgehead atoms. The predicted octanol–water partition coefficient (Wildman–Crippen LogP) is 4.11. The zero-order valence-electron chi connectivity index (χ0n) is 11.6. The lowest BCUT2D eigenvalue weighted by Crippen LogP contribution is -2.19. The summed E-state index contributed by atoms with van der Waals surface area (Å²) in [5.74, 6) is 1.40. The van der Waals surface area contributed by atoms with E-state index in [-0.39, 0.29) is 6.03 Å². The summed E-state index contributed by atoms with van der Waals surface area (Å²) < 4.78 is 11.0. The van der Waals surface area contributed by atoms with Crippen molar-refractivity contribution in [1.82, 2.24) is 0 Å². The number of hydrogen-bond acceptors (Lipinski definition) is 3. The van der Waals surface area contributed by atoms with E-state index in [1.54, 1.807) is 50.6 Å². The summed E-state index contributed by atoms with van der Waals surface area (Å²) in [5.41, 5.74) is 1.30. The first-order chi connectivity index (χ1) is 10.1. The molecule has 0 aliphatic rings. The van der Waals surface area contributed by atoms with Gasteiger partial charge in [0.25, 0.3) is 0 Å². The summed E-state index contributed by atoms with van der Waals surface area (Å²) in [4.78, 5) is 12.0. The minimum Gasteiger partial charge on any atom is -0.497 e. The van der Waals surface area contributed by atoms with Crippen LogP contribution in [0.25, 0.3) is 0 Å². The number of benzene rings is 2. The minimum atomic E-state index is -0.339. The highest BCUT2D eigenvalue weighted by Crippen LogP contribution is 2.27. The van der Waals surface area contributed by atoms with Crippen molar-refractivity contribution in [1.29, 1.82) is 0 Å². The van der Waals surface area contributed by atoms with Crippen molar-refractivity contribution in [2.24, 2.45) is 0 Å². The molecular formula is C15H15BrN2O3. The maximum absolute atomic E-state index is 12.0. The van der Waals surface area contributed by atoms with E-state index in [4.69, 9.17) is 9.47 Å². The molecule has 0 atom stereocenters. The van der Waals surface area contributed by atoms with Crippen molar-refractivity contribution in [2.75, 3.05) is 24.9 Å². The van der Waals surface area contributed by atoms with E-state index in [1.807, 2.05) is 6.07 Å². The Kier molecular flexibility index (Phi) is 5.05. The Morgan fingerprint density at radius 2 is 1.57 bits per heavy atom. The third-order valence-corrected chi connectivity index (χ3v) is 3.46. The highest BCUT2D eigenvalue weighted by Gasteiger charge is 2.07. The van der Waals surface area contributed by atoms with E-state index in [1.165, 1.54) is 0 Å². The van der Waals surface area contributed by atoms with Crippen LogP contribution in [0.1, 0.15) is 0 Å². The molecule has 110 valence electrons. The molecular weight excluding hydrogens is 336 g/mol. The number of anilines is 2. The number of nitrogens with one attached hydrogen (secondary N) is 2. The van der Waals surface area contributed by atoms with Crippen molar-refractivity contribution >= 4 is 33.3 Å². The van der Waals surface area contributed by atoms with E-state index < -0.39 is 0 Å². The van der Waals surface area contributed by atoms with Crippen LogP contribution in [-0.2, 0) is 0 Å². The molecule has 21 heavy (non-hydrogen) atoms. The highest BCUT2D eigenvalue weighted by molar-refractivity contribution is 9.10. The fourth-order valence-electron chi connectivity index (χ4n) is 1.69. The van der Waals surface area contributed by atoms with E-state index >= 15 is 0 Å². The topological polar surface area (TPSA) is 59.6 Å². The molecule has 0 heterocycles. The zero-order valence-corrected chi connectivity index (χ0v) is 13.2. The molecule has 2 aromatic carbocycles. The summed E-state index contributed by atoms with van der Waals surface area (Å²) in [6.07, 6.45) is 0. The lowest BCUT2D eigenvalue weighted by atomic mass is 10.3. The molecule has 0 unspecified atom stereocenters. The van der Waals surface area contributed by atoms with Crippen LogP contribution in [0.2, 0.25) is 0 Å². The SMILES string of the molecule is COc1ccc(NC(=O)Nc2cc(OC)ccc2Br)cc1. The molecule has 0 saturated carbocycles. The number of carbonyl (C=O) groups excluding carboxylic acids is 1. The zero-order chi connectivity index (χ0) is 15.2. The van der Waals surface area contributed by atoms with Crippen LogP contribution in [0.15, 0.2) is 46.9 Å². The third kappa shape index (κ3) is 4.13. The normalized spacial score (nSPS) is 9.86. The van der Waals surface area contributed by atoms with E-state index in [9.17, 15) is 4.79 Å². The molecule has 2 N–H and O–H groups in total. The number of urea groups is 1. The van der Waals surface area contributed by atoms with Gasteiger partial charge in [0.15, 0.2) is 0 Å². The molecule has 0 saturated heterocycles. The molecule has 0 radical (unpaired) electrons. The molecule has 0 aliphatic heterocycles. The van der Waals surface area contributed by atoms with E-state index in [0.29, 0.717) is 17.1 Å². The molecule has 0 aromatic heterocycles. The van der Waals surface area contributed by atoms with Gasteiger partial charge in [0.2, 0.25) is 0 Å². The molecule has 5 nitrogen and oxygen atoms in total. The van der Waals surface area contributed by atoms with Crippen molar-refractivity contribution in [2.45, 2.75) is 0 Å². The van der Waals surface area contributed by atoms with Gasteiger partial charge in [-0.1, -0.05) is 0 Å². The average Bonchev–Trinajstić information content (AvgIpc) is 2.50. The van der Waals surface area contributed by atoms with Crippen LogP contribution in [-0.4, -0.2) is 20.3 Å². The highest BCUT2D eigenvalue weighted by atomic mass is 79.9. The van der Waals surface area contributed by atoms with Gasteiger partial charge < -0.3 is 20.1 Å². The Bertz CT molecular complexity index is 629. The van der Waals surface area contributed by atoms with E-state index in [0.717, 1.165) is 10.2 Å². The summed E-state index contributed by atoms with van der Waals surface area (Å²) in [6, 6.07) is 12.1. The Labute approximate surface area is 131 Å². The van der Waals surface area contributed by atoms with Gasteiger partial charge in [-0.15, -0.1) is 0 Å². The van der Waals surface area contributed by atoms with Gasteiger partial charge in [-0.05, 0) is 52.3 Å². The second-order valence-corrected chi connectivity index (χ2v) is 5.01. The standard InChI is InChI=1S/C15H15BrN2O3/c1-20-11-5-3-10(4-6-11)17-15(19)18-14-9-12(21-2)7-8-13(14)16/h3-9H,1-2H3,(H2,17,18,19). The van der Waals surface area contributed by atoms with Gasteiger partial charge in [-0.3, -0.25) is 0 Å². The van der Waals surface area contributed by atoms with Crippen LogP contribution < -0.4 is 20.1 Å². The number of hydrogen-bond donors (Lipinski definition) is 2. The second-order valence-electron chi connectivity index (χ2n) is 4.15. The largest absolute Gasteiger partial charge is 0.497 e. The summed E-state index contributed by atoms with van der Waals surface area (Å²) in [5, 5.41) is 5.49. The molecule has 2 aromatic rings. The van der Waals surface area contributed by atoms with Gasteiger partial charge >= 0.3 is 6.03 Å². The minimum absolute atomic E-state index is 0.339. The number of halogens is 1. The van der Waals surface area contributed by atoms with Gasteiger partial charge in [-0.2, -0.15) is 0 Å². The summed E-state index contributed by atoms with van der Waals surface area (Å²) in [6.45, 7) is 0. The fourth-order valence-corrected chi connectivity index (χ4v) is 2.03. The maximum Gasteiger partial charge on any atom is 0.323 e. The molecule has 0 fully saturated rings.